The first-order valence-corrected chi connectivity index (χ1v) is 7.36. The fraction of sp³-hybridized carbons (Fsp3) is 0.222. The van der Waals surface area contributed by atoms with E-state index in [0.29, 0.717) is 18.4 Å². The maximum Gasteiger partial charge on any atom is 0.429 e. The SMILES string of the molecule is C/C=C/CCc1ccc(C(F)(F)Oc2cc(F)c(F)c(F)c2)c(F)c1. The Balaban J connectivity index is 2.24. The Kier molecular flexibility index (Phi) is 5.77. The lowest BCUT2D eigenvalue weighted by Crippen LogP contribution is -2.23. The summed E-state index contributed by atoms with van der Waals surface area (Å²) in [7, 11) is 0. The molecular formula is C18H14F6O. The van der Waals surface area contributed by atoms with Crippen LogP contribution in [0, 0.1) is 23.3 Å². The van der Waals surface area contributed by atoms with Gasteiger partial charge in [-0.15, -0.1) is 0 Å². The number of allylic oxidation sites excluding steroid dienone is 2. The zero-order valence-electron chi connectivity index (χ0n) is 13.1. The van der Waals surface area contributed by atoms with Crippen LogP contribution in [0.25, 0.3) is 0 Å². The van der Waals surface area contributed by atoms with Gasteiger partial charge in [-0.05, 0) is 37.5 Å². The third-order valence-corrected chi connectivity index (χ3v) is 3.39. The van der Waals surface area contributed by atoms with Gasteiger partial charge < -0.3 is 4.74 Å². The maximum absolute atomic E-state index is 14.1. The minimum atomic E-state index is -4.19. The third-order valence-electron chi connectivity index (χ3n) is 3.39. The Hall–Kier alpha value is -2.44. The normalized spacial score (nSPS) is 12.0. The molecule has 0 aliphatic rings. The first-order chi connectivity index (χ1) is 11.7. The molecule has 0 fully saturated rings. The topological polar surface area (TPSA) is 9.23 Å². The van der Waals surface area contributed by atoms with E-state index in [-0.39, 0.29) is 12.1 Å². The third kappa shape index (κ3) is 4.55. The lowest BCUT2D eigenvalue weighted by Gasteiger charge is -2.19. The van der Waals surface area contributed by atoms with Crippen LogP contribution >= 0.6 is 0 Å². The number of halogens is 6. The first kappa shape index (κ1) is 18.9. The second-order valence-corrected chi connectivity index (χ2v) is 5.24. The van der Waals surface area contributed by atoms with Crippen LogP contribution in [0.4, 0.5) is 26.3 Å². The fourth-order valence-electron chi connectivity index (χ4n) is 2.16. The molecule has 1 nitrogen and oxygen atoms in total. The molecule has 0 unspecified atom stereocenters. The fourth-order valence-corrected chi connectivity index (χ4v) is 2.16. The molecule has 0 N–H and O–H groups in total. The number of aryl methyl sites for hydroxylation is 1. The van der Waals surface area contributed by atoms with Crippen molar-refractivity contribution < 1.29 is 31.1 Å². The molecule has 0 spiro atoms. The average Bonchev–Trinajstić information content (AvgIpc) is 2.52. The molecule has 7 heteroatoms. The van der Waals surface area contributed by atoms with Gasteiger partial charge in [0.05, 0.1) is 5.56 Å². The first-order valence-electron chi connectivity index (χ1n) is 7.36. The molecule has 2 aromatic carbocycles. The highest BCUT2D eigenvalue weighted by Crippen LogP contribution is 2.34. The maximum atomic E-state index is 14.1. The van der Waals surface area contributed by atoms with E-state index in [1.165, 1.54) is 6.07 Å². The summed E-state index contributed by atoms with van der Waals surface area (Å²) in [5.74, 6) is -7.37. The molecule has 0 heterocycles. The second kappa shape index (κ2) is 7.63. The van der Waals surface area contributed by atoms with Crippen molar-refractivity contribution in [3.63, 3.8) is 0 Å². The summed E-state index contributed by atoms with van der Waals surface area (Å²) in [5, 5.41) is 0. The summed E-state index contributed by atoms with van der Waals surface area (Å²) < 4.78 is 85.4. The van der Waals surface area contributed by atoms with Crippen molar-refractivity contribution in [3.05, 3.63) is 76.9 Å². The van der Waals surface area contributed by atoms with Crippen LogP contribution in [-0.4, -0.2) is 0 Å². The minimum Gasteiger partial charge on any atom is -0.429 e. The Labute approximate surface area is 140 Å². The predicted molar refractivity (Wildman–Crippen MR) is 80.4 cm³/mol. The van der Waals surface area contributed by atoms with Crippen molar-refractivity contribution in [1.29, 1.82) is 0 Å². The second-order valence-electron chi connectivity index (χ2n) is 5.24. The van der Waals surface area contributed by atoms with E-state index in [1.807, 2.05) is 19.1 Å². The standard InChI is InChI=1S/C18H14F6O/c1-2-3-4-5-11-6-7-13(14(19)8-11)18(23,24)25-12-9-15(20)17(22)16(21)10-12/h2-3,6-10H,4-5H2,1H3/b3-2+. The van der Waals surface area contributed by atoms with Gasteiger partial charge in [0, 0.05) is 12.1 Å². The quantitative estimate of drug-likeness (QED) is 0.355. The lowest BCUT2D eigenvalue weighted by molar-refractivity contribution is -0.187. The van der Waals surface area contributed by atoms with Crippen LogP contribution in [0.2, 0.25) is 0 Å². The molecule has 0 bridgehead atoms. The van der Waals surface area contributed by atoms with Gasteiger partial charge in [0.15, 0.2) is 17.5 Å². The molecule has 0 aromatic heterocycles. The van der Waals surface area contributed by atoms with Gasteiger partial charge >= 0.3 is 6.11 Å². The van der Waals surface area contributed by atoms with Crippen LogP contribution < -0.4 is 4.74 Å². The largest absolute Gasteiger partial charge is 0.429 e. The van der Waals surface area contributed by atoms with Gasteiger partial charge in [0.2, 0.25) is 0 Å². The van der Waals surface area contributed by atoms with E-state index in [9.17, 15) is 26.3 Å². The van der Waals surface area contributed by atoms with Gasteiger partial charge in [0.25, 0.3) is 0 Å². The highest BCUT2D eigenvalue weighted by Gasteiger charge is 2.38. The molecule has 0 aliphatic heterocycles. The summed E-state index contributed by atoms with van der Waals surface area (Å²) in [4.78, 5) is 0. The molecule has 0 aliphatic carbocycles. The molecule has 134 valence electrons. The van der Waals surface area contributed by atoms with E-state index in [4.69, 9.17) is 0 Å². The molecule has 0 saturated heterocycles. The van der Waals surface area contributed by atoms with E-state index in [2.05, 4.69) is 4.74 Å². The Morgan fingerprint density at radius 1 is 0.960 bits per heavy atom. The van der Waals surface area contributed by atoms with Crippen molar-refractivity contribution >= 4 is 0 Å². The monoisotopic (exact) mass is 360 g/mol. The van der Waals surface area contributed by atoms with Crippen LogP contribution in [-0.2, 0) is 12.5 Å². The number of rotatable bonds is 6. The van der Waals surface area contributed by atoms with Crippen LogP contribution in [0.15, 0.2) is 42.5 Å². The van der Waals surface area contributed by atoms with Crippen molar-refractivity contribution in [3.8, 4) is 5.75 Å². The zero-order valence-corrected chi connectivity index (χ0v) is 13.1. The van der Waals surface area contributed by atoms with Crippen molar-refractivity contribution in [1.82, 2.24) is 0 Å². The summed E-state index contributed by atoms with van der Waals surface area (Å²) in [5.41, 5.74) is -0.582. The van der Waals surface area contributed by atoms with E-state index in [0.717, 1.165) is 12.1 Å². The minimum absolute atomic E-state index is 0.260. The molecular weight excluding hydrogens is 346 g/mol. The van der Waals surface area contributed by atoms with Crippen molar-refractivity contribution in [2.45, 2.75) is 25.9 Å². The molecule has 0 atom stereocenters. The predicted octanol–water partition coefficient (Wildman–Crippen LogP) is 5.88. The van der Waals surface area contributed by atoms with E-state index < -0.39 is 40.7 Å². The molecule has 0 radical (unpaired) electrons. The Bertz CT molecular complexity index is 762. The molecule has 2 rings (SSSR count). The highest BCUT2D eigenvalue weighted by molar-refractivity contribution is 5.30. The van der Waals surface area contributed by atoms with Gasteiger partial charge in [-0.3, -0.25) is 0 Å². The average molecular weight is 360 g/mol. The van der Waals surface area contributed by atoms with Crippen LogP contribution in [0.1, 0.15) is 24.5 Å². The highest BCUT2D eigenvalue weighted by atomic mass is 19.3. The van der Waals surface area contributed by atoms with Gasteiger partial charge in [0.1, 0.15) is 11.6 Å². The Morgan fingerprint density at radius 2 is 1.60 bits per heavy atom. The number of hydrogen-bond donors (Lipinski definition) is 0. The number of benzene rings is 2. The van der Waals surface area contributed by atoms with E-state index in [1.54, 1.807) is 0 Å². The van der Waals surface area contributed by atoms with Crippen molar-refractivity contribution in [2.75, 3.05) is 0 Å². The van der Waals surface area contributed by atoms with Gasteiger partial charge in [-0.2, -0.15) is 8.78 Å². The summed E-state index contributed by atoms with van der Waals surface area (Å²) >= 11 is 0. The van der Waals surface area contributed by atoms with Gasteiger partial charge in [-0.25, -0.2) is 17.6 Å². The van der Waals surface area contributed by atoms with Crippen LogP contribution in [0.5, 0.6) is 5.75 Å². The summed E-state index contributed by atoms with van der Waals surface area (Å²) in [6.45, 7) is 1.82. The molecule has 2 aromatic rings. The van der Waals surface area contributed by atoms with Gasteiger partial charge in [-0.1, -0.05) is 18.2 Å². The number of alkyl halides is 2. The molecule has 0 saturated carbocycles. The summed E-state index contributed by atoms with van der Waals surface area (Å²) in [6, 6.07) is 3.62. The van der Waals surface area contributed by atoms with Crippen molar-refractivity contribution in [2.24, 2.45) is 0 Å². The number of ether oxygens (including phenoxy) is 1. The Morgan fingerprint density at radius 3 is 2.16 bits per heavy atom. The van der Waals surface area contributed by atoms with Crippen LogP contribution in [0.3, 0.4) is 0 Å². The zero-order chi connectivity index (χ0) is 18.6. The summed E-state index contributed by atoms with van der Waals surface area (Å²) in [6.07, 6.45) is 0.552. The smallest absolute Gasteiger partial charge is 0.429 e. The lowest BCUT2D eigenvalue weighted by atomic mass is 10.1. The molecule has 0 amide bonds. The number of hydrogen-bond acceptors (Lipinski definition) is 1. The molecule has 25 heavy (non-hydrogen) atoms. The van der Waals surface area contributed by atoms with E-state index >= 15 is 0 Å².